The van der Waals surface area contributed by atoms with Crippen molar-refractivity contribution in [2.75, 3.05) is 39.4 Å². The van der Waals surface area contributed by atoms with Gasteiger partial charge in [-0.15, -0.1) is 0 Å². The average Bonchev–Trinajstić information content (AvgIpc) is 2.67. The molecule has 1 aromatic rings. The Balaban J connectivity index is 1.82. The zero-order valence-electron chi connectivity index (χ0n) is 18.0. The van der Waals surface area contributed by atoms with Crippen LogP contribution >= 0.6 is 0 Å². The van der Waals surface area contributed by atoms with Gasteiger partial charge in [-0.05, 0) is 43.4 Å². The van der Waals surface area contributed by atoms with Crippen molar-refractivity contribution in [3.63, 3.8) is 0 Å². The van der Waals surface area contributed by atoms with Gasteiger partial charge in [0.05, 0.1) is 18.1 Å². The van der Waals surface area contributed by atoms with Crippen LogP contribution in [-0.4, -0.2) is 64.7 Å². The highest BCUT2D eigenvalue weighted by molar-refractivity contribution is 7.89. The Hall–Kier alpha value is -1.48. The van der Waals surface area contributed by atoms with E-state index in [0.717, 1.165) is 38.3 Å². The molecule has 8 heteroatoms. The van der Waals surface area contributed by atoms with Crippen LogP contribution in [0.15, 0.2) is 23.1 Å². The van der Waals surface area contributed by atoms with Crippen molar-refractivity contribution < 1.29 is 17.9 Å². The number of hydrogen-bond donors (Lipinski definition) is 2. The van der Waals surface area contributed by atoms with Crippen LogP contribution in [0.5, 0.6) is 0 Å². The highest BCUT2D eigenvalue weighted by atomic mass is 32.2. The molecule has 1 saturated heterocycles. The summed E-state index contributed by atoms with van der Waals surface area (Å²) in [6.45, 7) is 11.8. The van der Waals surface area contributed by atoms with Crippen molar-refractivity contribution >= 4 is 15.9 Å². The summed E-state index contributed by atoms with van der Waals surface area (Å²) in [5.41, 5.74) is 1.57. The van der Waals surface area contributed by atoms with Crippen LogP contribution in [-0.2, 0) is 19.6 Å². The van der Waals surface area contributed by atoms with Crippen LogP contribution in [0.1, 0.15) is 37.8 Å². The molecule has 1 unspecified atom stereocenters. The summed E-state index contributed by atoms with van der Waals surface area (Å²) in [5.74, 6) is 0.389. The van der Waals surface area contributed by atoms with Crippen molar-refractivity contribution in [3.05, 3.63) is 29.3 Å². The molecular weight excluding hydrogens is 390 g/mol. The largest absolute Gasteiger partial charge is 0.379 e. The molecule has 1 aromatic carbocycles. The Kier molecular flexibility index (Phi) is 9.07. The number of benzene rings is 1. The molecule has 1 heterocycles. The monoisotopic (exact) mass is 425 g/mol. The zero-order chi connectivity index (χ0) is 21.4. The van der Waals surface area contributed by atoms with Gasteiger partial charge in [-0.1, -0.05) is 26.0 Å². The Bertz CT molecular complexity index is 774. The molecule has 7 nitrogen and oxygen atoms in total. The lowest BCUT2D eigenvalue weighted by Crippen LogP contribution is -2.49. The van der Waals surface area contributed by atoms with E-state index in [2.05, 4.69) is 28.8 Å². The third kappa shape index (κ3) is 7.70. The number of carbonyl (C=O) groups excluding carboxylic acids is 1. The topological polar surface area (TPSA) is 87.7 Å². The number of amides is 1. The first-order chi connectivity index (χ1) is 13.7. The first-order valence-electron chi connectivity index (χ1n) is 10.3. The fourth-order valence-electron chi connectivity index (χ4n) is 3.54. The third-order valence-corrected chi connectivity index (χ3v) is 6.72. The van der Waals surface area contributed by atoms with Gasteiger partial charge in [-0.2, -0.15) is 0 Å². The van der Waals surface area contributed by atoms with Crippen LogP contribution in [0.25, 0.3) is 0 Å². The number of sulfonamides is 1. The second kappa shape index (κ2) is 11.1. The van der Waals surface area contributed by atoms with E-state index in [1.165, 1.54) is 0 Å². The van der Waals surface area contributed by atoms with Crippen molar-refractivity contribution in [2.45, 2.75) is 51.5 Å². The summed E-state index contributed by atoms with van der Waals surface area (Å²) in [6.07, 6.45) is 1.11. The average molecular weight is 426 g/mol. The van der Waals surface area contributed by atoms with Crippen LogP contribution in [0, 0.1) is 19.8 Å². The minimum absolute atomic E-state index is 0.0773. The summed E-state index contributed by atoms with van der Waals surface area (Å²) in [6, 6.07) is 5.59. The van der Waals surface area contributed by atoms with Gasteiger partial charge >= 0.3 is 0 Å². The SMILES string of the molecule is Cc1ccc(C)c(S(=O)(=O)NCCC(=O)NCC(CC(C)C)N2CCOCC2)c1. The van der Waals surface area contributed by atoms with Crippen molar-refractivity contribution in [2.24, 2.45) is 5.92 Å². The Morgan fingerprint density at radius 2 is 1.90 bits per heavy atom. The number of morpholine rings is 1. The number of rotatable bonds is 10. The lowest BCUT2D eigenvalue weighted by Gasteiger charge is -2.35. The van der Waals surface area contributed by atoms with E-state index in [1.807, 2.05) is 13.0 Å². The van der Waals surface area contributed by atoms with E-state index in [4.69, 9.17) is 4.74 Å². The van der Waals surface area contributed by atoms with Crippen LogP contribution in [0.2, 0.25) is 0 Å². The summed E-state index contributed by atoms with van der Waals surface area (Å²) in [5, 5.41) is 2.98. The normalized spacial score (nSPS) is 16.7. The van der Waals surface area contributed by atoms with Gasteiger partial charge in [-0.3, -0.25) is 9.69 Å². The number of aryl methyl sites for hydroxylation is 2. The molecule has 0 aromatic heterocycles. The van der Waals surface area contributed by atoms with Gasteiger partial charge in [0.2, 0.25) is 15.9 Å². The molecule has 0 saturated carbocycles. The van der Waals surface area contributed by atoms with Gasteiger partial charge in [-0.25, -0.2) is 13.1 Å². The number of ether oxygens (including phenoxy) is 1. The van der Waals surface area contributed by atoms with Crippen molar-refractivity contribution in [1.82, 2.24) is 14.9 Å². The van der Waals surface area contributed by atoms with Gasteiger partial charge in [0.25, 0.3) is 0 Å². The van der Waals surface area contributed by atoms with Crippen molar-refractivity contribution in [1.29, 1.82) is 0 Å². The van der Waals surface area contributed by atoms with E-state index in [1.54, 1.807) is 19.1 Å². The first kappa shape index (κ1) is 23.8. The second-order valence-corrected chi connectivity index (χ2v) is 9.89. The summed E-state index contributed by atoms with van der Waals surface area (Å²) in [4.78, 5) is 14.9. The van der Waals surface area contributed by atoms with Gasteiger partial charge in [0, 0.05) is 38.6 Å². The number of nitrogens with one attached hydrogen (secondary N) is 2. The Morgan fingerprint density at radius 3 is 2.55 bits per heavy atom. The fourth-order valence-corrected chi connectivity index (χ4v) is 4.90. The van der Waals surface area contributed by atoms with Crippen LogP contribution < -0.4 is 10.0 Å². The second-order valence-electron chi connectivity index (χ2n) is 8.15. The number of carbonyl (C=O) groups is 1. The lowest BCUT2D eigenvalue weighted by atomic mass is 10.0. The molecule has 1 aliphatic heterocycles. The molecule has 29 heavy (non-hydrogen) atoms. The molecule has 0 aliphatic carbocycles. The number of hydrogen-bond acceptors (Lipinski definition) is 5. The third-order valence-electron chi connectivity index (χ3n) is 5.12. The zero-order valence-corrected chi connectivity index (χ0v) is 18.8. The molecule has 0 radical (unpaired) electrons. The molecule has 1 aliphatic rings. The molecule has 1 amide bonds. The highest BCUT2D eigenvalue weighted by Crippen LogP contribution is 2.16. The van der Waals surface area contributed by atoms with Gasteiger partial charge in [0.15, 0.2) is 0 Å². The predicted molar refractivity (Wildman–Crippen MR) is 114 cm³/mol. The fraction of sp³-hybridized carbons (Fsp3) is 0.667. The number of nitrogens with zero attached hydrogens (tertiary/aromatic N) is 1. The Morgan fingerprint density at radius 1 is 1.21 bits per heavy atom. The summed E-state index contributed by atoms with van der Waals surface area (Å²) >= 11 is 0. The van der Waals surface area contributed by atoms with E-state index in [-0.39, 0.29) is 29.8 Å². The maximum Gasteiger partial charge on any atom is 0.240 e. The van der Waals surface area contributed by atoms with E-state index in [0.29, 0.717) is 18.0 Å². The van der Waals surface area contributed by atoms with Crippen LogP contribution in [0.4, 0.5) is 0 Å². The van der Waals surface area contributed by atoms with Gasteiger partial charge in [0.1, 0.15) is 0 Å². The van der Waals surface area contributed by atoms with E-state index >= 15 is 0 Å². The summed E-state index contributed by atoms with van der Waals surface area (Å²) < 4.78 is 33.0. The minimum Gasteiger partial charge on any atom is -0.379 e. The molecule has 1 atom stereocenters. The Labute approximate surface area is 175 Å². The van der Waals surface area contributed by atoms with Crippen LogP contribution in [0.3, 0.4) is 0 Å². The lowest BCUT2D eigenvalue weighted by molar-refractivity contribution is -0.121. The molecule has 0 spiro atoms. The predicted octanol–water partition coefficient (Wildman–Crippen LogP) is 1.83. The van der Waals surface area contributed by atoms with Crippen molar-refractivity contribution in [3.8, 4) is 0 Å². The van der Waals surface area contributed by atoms with Gasteiger partial charge < -0.3 is 10.1 Å². The molecule has 2 N–H and O–H groups in total. The summed E-state index contributed by atoms with van der Waals surface area (Å²) in [7, 11) is -3.63. The molecule has 1 fully saturated rings. The quantitative estimate of drug-likeness (QED) is 0.597. The molecule has 0 bridgehead atoms. The molecule has 164 valence electrons. The van der Waals surface area contributed by atoms with E-state index < -0.39 is 10.0 Å². The maximum atomic E-state index is 12.5. The minimum atomic E-state index is -3.63. The maximum absolute atomic E-state index is 12.5. The molecule has 2 rings (SSSR count). The van der Waals surface area contributed by atoms with E-state index in [9.17, 15) is 13.2 Å². The molecular formula is C21H35N3O4S. The highest BCUT2D eigenvalue weighted by Gasteiger charge is 2.22. The smallest absolute Gasteiger partial charge is 0.240 e. The first-order valence-corrected chi connectivity index (χ1v) is 11.8. The standard InChI is InChI=1S/C21H35N3O4S/c1-16(2)13-19(24-9-11-28-12-10-24)15-22-21(25)7-8-23-29(26,27)20-14-17(3)5-6-18(20)4/h5-6,14,16,19,23H,7-13,15H2,1-4H3,(H,22,25).